The summed E-state index contributed by atoms with van der Waals surface area (Å²) >= 11 is 1.53. The van der Waals surface area contributed by atoms with Crippen molar-refractivity contribution >= 4 is 45.1 Å². The molecule has 0 spiro atoms. The molecule has 0 atom stereocenters. The van der Waals surface area contributed by atoms with E-state index in [9.17, 15) is 9.59 Å². The van der Waals surface area contributed by atoms with Gasteiger partial charge in [0.15, 0.2) is 0 Å². The Balaban J connectivity index is 1.54. The molecule has 0 aliphatic rings. The predicted molar refractivity (Wildman–Crippen MR) is 109 cm³/mol. The van der Waals surface area contributed by atoms with Crippen LogP contribution in [-0.4, -0.2) is 17.2 Å². The number of nitrogens with two attached hydrogens (primary N) is 1. The number of rotatable bonds is 4. The summed E-state index contributed by atoms with van der Waals surface area (Å²) in [5.74, 6) is -0.191. The molecule has 0 bridgehead atoms. The number of nitrogen functional groups attached to an aromatic ring is 1. The highest BCUT2D eigenvalue weighted by Crippen LogP contribution is 2.31. The Hall–Kier alpha value is -3.51. The molecule has 0 aliphatic carbocycles. The van der Waals surface area contributed by atoms with Gasteiger partial charge in [-0.3, -0.25) is 9.59 Å². The van der Waals surface area contributed by atoms with Crippen molar-refractivity contribution < 1.29 is 9.59 Å². The number of fused-ring (bicyclic) bond motifs is 1. The normalized spacial score (nSPS) is 10.7. The largest absolute Gasteiger partial charge is 0.399 e. The van der Waals surface area contributed by atoms with Crippen LogP contribution in [0.4, 0.5) is 11.4 Å². The third-order valence-corrected chi connectivity index (χ3v) is 5.18. The van der Waals surface area contributed by atoms with E-state index in [4.69, 9.17) is 5.73 Å². The summed E-state index contributed by atoms with van der Waals surface area (Å²) in [4.78, 5) is 27.8. The molecule has 4 rings (SSSR count). The minimum absolute atomic E-state index is 0.191. The summed E-state index contributed by atoms with van der Waals surface area (Å²) in [6.07, 6.45) is 0.831. The summed E-state index contributed by atoms with van der Waals surface area (Å²) in [6.45, 7) is 0. The number of aldehydes is 1. The molecule has 0 saturated heterocycles. The van der Waals surface area contributed by atoms with Gasteiger partial charge in [-0.25, -0.2) is 4.98 Å². The number of nitrogens with zero attached hydrogens (tertiary/aromatic N) is 1. The Kier molecular flexibility index (Phi) is 4.40. The topological polar surface area (TPSA) is 85.1 Å². The van der Waals surface area contributed by atoms with Crippen molar-refractivity contribution in [1.29, 1.82) is 0 Å². The Bertz CT molecular complexity index is 1130. The average Bonchev–Trinajstić information content (AvgIpc) is 3.12. The second-order valence-electron chi connectivity index (χ2n) is 6.02. The van der Waals surface area contributed by atoms with Crippen molar-refractivity contribution in [2.24, 2.45) is 0 Å². The molecule has 3 aromatic carbocycles. The highest BCUT2D eigenvalue weighted by atomic mass is 32.1. The number of benzene rings is 3. The van der Waals surface area contributed by atoms with E-state index in [1.54, 1.807) is 30.3 Å². The Morgan fingerprint density at radius 1 is 1.00 bits per heavy atom. The Morgan fingerprint density at radius 3 is 2.44 bits per heavy atom. The standard InChI is InChI=1S/C21H15N3O2S/c22-16-6-2-14(3-7-16)20(26)23-17-8-4-15(5-9-17)21-24-18-10-1-13(12-25)11-19(18)27-21/h1-12H,22H2,(H,23,26). The molecule has 0 radical (unpaired) electrons. The number of amides is 1. The zero-order valence-corrected chi connectivity index (χ0v) is 15.0. The van der Waals surface area contributed by atoms with Crippen LogP contribution in [0.3, 0.4) is 0 Å². The third-order valence-electron chi connectivity index (χ3n) is 4.11. The molecule has 1 amide bonds. The first kappa shape index (κ1) is 16.9. The van der Waals surface area contributed by atoms with Crippen LogP contribution in [-0.2, 0) is 0 Å². The molecule has 5 nitrogen and oxygen atoms in total. The van der Waals surface area contributed by atoms with E-state index in [0.717, 1.165) is 27.1 Å². The fourth-order valence-electron chi connectivity index (χ4n) is 2.67. The summed E-state index contributed by atoms with van der Waals surface area (Å²) in [6, 6.07) is 19.7. The summed E-state index contributed by atoms with van der Waals surface area (Å²) < 4.78 is 0.968. The summed E-state index contributed by atoms with van der Waals surface area (Å²) in [7, 11) is 0. The van der Waals surface area contributed by atoms with Gasteiger partial charge in [0.25, 0.3) is 5.91 Å². The maximum absolute atomic E-state index is 12.3. The average molecular weight is 373 g/mol. The van der Waals surface area contributed by atoms with E-state index >= 15 is 0 Å². The molecule has 1 heterocycles. The van der Waals surface area contributed by atoms with Crippen molar-refractivity contribution in [2.45, 2.75) is 0 Å². The molecule has 6 heteroatoms. The summed E-state index contributed by atoms with van der Waals surface area (Å²) in [5, 5.41) is 3.73. The van der Waals surface area contributed by atoms with Crippen molar-refractivity contribution in [1.82, 2.24) is 4.98 Å². The van der Waals surface area contributed by atoms with Crippen LogP contribution in [0, 0.1) is 0 Å². The minimum Gasteiger partial charge on any atom is -0.399 e. The van der Waals surface area contributed by atoms with Crippen LogP contribution >= 0.6 is 11.3 Å². The maximum atomic E-state index is 12.3. The number of hydrogen-bond acceptors (Lipinski definition) is 5. The second-order valence-corrected chi connectivity index (χ2v) is 7.05. The van der Waals surface area contributed by atoms with E-state index in [-0.39, 0.29) is 5.91 Å². The molecule has 132 valence electrons. The minimum atomic E-state index is -0.191. The maximum Gasteiger partial charge on any atom is 0.255 e. The van der Waals surface area contributed by atoms with E-state index < -0.39 is 0 Å². The smallest absolute Gasteiger partial charge is 0.255 e. The van der Waals surface area contributed by atoms with Gasteiger partial charge in [-0.15, -0.1) is 11.3 Å². The predicted octanol–water partition coefficient (Wildman–Crippen LogP) is 4.61. The first-order valence-electron chi connectivity index (χ1n) is 8.25. The lowest BCUT2D eigenvalue weighted by molar-refractivity contribution is 0.102. The lowest BCUT2D eigenvalue weighted by Gasteiger charge is -2.06. The molecular formula is C21H15N3O2S. The van der Waals surface area contributed by atoms with Crippen molar-refractivity contribution in [2.75, 3.05) is 11.1 Å². The van der Waals surface area contributed by atoms with Crippen LogP contribution in [0.25, 0.3) is 20.8 Å². The lowest BCUT2D eigenvalue weighted by Crippen LogP contribution is -2.11. The van der Waals surface area contributed by atoms with E-state index in [1.807, 2.05) is 36.4 Å². The number of hydrogen-bond donors (Lipinski definition) is 2. The lowest BCUT2D eigenvalue weighted by atomic mass is 10.1. The van der Waals surface area contributed by atoms with Crippen LogP contribution in [0.5, 0.6) is 0 Å². The highest BCUT2D eigenvalue weighted by molar-refractivity contribution is 7.21. The molecule has 0 fully saturated rings. The zero-order chi connectivity index (χ0) is 18.8. The zero-order valence-electron chi connectivity index (χ0n) is 14.2. The second kappa shape index (κ2) is 7.01. The molecule has 0 aliphatic heterocycles. The van der Waals surface area contributed by atoms with Crippen molar-refractivity contribution in [3.8, 4) is 10.6 Å². The van der Waals surface area contributed by atoms with Crippen LogP contribution in [0.15, 0.2) is 66.7 Å². The van der Waals surface area contributed by atoms with Crippen molar-refractivity contribution in [3.05, 3.63) is 77.9 Å². The van der Waals surface area contributed by atoms with Gasteiger partial charge in [0, 0.05) is 28.1 Å². The van der Waals surface area contributed by atoms with Gasteiger partial charge in [-0.1, -0.05) is 0 Å². The SMILES string of the molecule is Nc1ccc(C(=O)Nc2ccc(-c3nc4ccc(C=O)cc4s3)cc2)cc1. The molecule has 1 aromatic heterocycles. The monoisotopic (exact) mass is 373 g/mol. The van der Waals surface area contributed by atoms with Gasteiger partial charge in [0.05, 0.1) is 10.2 Å². The first-order valence-corrected chi connectivity index (χ1v) is 9.07. The van der Waals surface area contributed by atoms with E-state index in [1.165, 1.54) is 11.3 Å². The van der Waals surface area contributed by atoms with E-state index in [0.29, 0.717) is 22.5 Å². The number of carbonyl (C=O) groups excluding carboxylic acids is 2. The highest BCUT2D eigenvalue weighted by Gasteiger charge is 2.09. The third kappa shape index (κ3) is 3.56. The van der Waals surface area contributed by atoms with Crippen molar-refractivity contribution in [3.63, 3.8) is 0 Å². The molecule has 3 N–H and O–H groups in total. The van der Waals surface area contributed by atoms with Gasteiger partial charge in [0.1, 0.15) is 11.3 Å². The Morgan fingerprint density at radius 2 is 1.74 bits per heavy atom. The fraction of sp³-hybridized carbons (Fsp3) is 0. The van der Waals surface area contributed by atoms with Gasteiger partial charge < -0.3 is 11.1 Å². The molecule has 0 saturated carbocycles. The molecular weight excluding hydrogens is 358 g/mol. The fourth-order valence-corrected chi connectivity index (χ4v) is 3.69. The number of thiazole rings is 1. The van der Waals surface area contributed by atoms with Gasteiger partial charge in [-0.2, -0.15) is 0 Å². The van der Waals surface area contributed by atoms with E-state index in [2.05, 4.69) is 10.3 Å². The molecule has 27 heavy (non-hydrogen) atoms. The number of nitrogens with one attached hydrogen (secondary N) is 1. The Labute approximate surface area is 159 Å². The van der Waals surface area contributed by atoms with Crippen LogP contribution in [0.1, 0.15) is 20.7 Å². The number of anilines is 2. The van der Waals surface area contributed by atoms with Gasteiger partial charge in [-0.05, 0) is 66.7 Å². The quantitative estimate of drug-likeness (QED) is 0.404. The molecule has 4 aromatic rings. The van der Waals surface area contributed by atoms with Gasteiger partial charge in [0.2, 0.25) is 0 Å². The van der Waals surface area contributed by atoms with Crippen LogP contribution < -0.4 is 11.1 Å². The van der Waals surface area contributed by atoms with Gasteiger partial charge >= 0.3 is 0 Å². The first-order chi connectivity index (χ1) is 13.1. The molecule has 0 unspecified atom stereocenters. The van der Waals surface area contributed by atoms with Crippen LogP contribution in [0.2, 0.25) is 0 Å². The number of carbonyl (C=O) groups is 2. The summed E-state index contributed by atoms with van der Waals surface area (Å²) in [5.41, 5.74) is 9.96. The number of aromatic nitrogens is 1.